The molecule has 0 aliphatic heterocycles. The Morgan fingerprint density at radius 1 is 1.33 bits per heavy atom. The lowest BCUT2D eigenvalue weighted by Gasteiger charge is -2.19. The number of hydrogen-bond acceptors (Lipinski definition) is 4. The average Bonchev–Trinajstić information content (AvgIpc) is 3.01. The van der Waals surface area contributed by atoms with E-state index < -0.39 is 0 Å². The van der Waals surface area contributed by atoms with Crippen molar-refractivity contribution in [1.82, 2.24) is 29.9 Å². The van der Waals surface area contributed by atoms with Crippen LogP contribution in [0.3, 0.4) is 0 Å². The van der Waals surface area contributed by atoms with Crippen LogP contribution >= 0.6 is 0 Å². The van der Waals surface area contributed by atoms with Gasteiger partial charge in [0.25, 0.3) is 0 Å². The van der Waals surface area contributed by atoms with Crippen molar-refractivity contribution in [2.45, 2.75) is 52.6 Å². The van der Waals surface area contributed by atoms with Gasteiger partial charge in [-0.25, -0.2) is 9.67 Å². The summed E-state index contributed by atoms with van der Waals surface area (Å²) in [5.74, 6) is 1.02. The van der Waals surface area contributed by atoms with E-state index in [1.807, 2.05) is 16.4 Å². The van der Waals surface area contributed by atoms with Crippen molar-refractivity contribution >= 4 is 0 Å². The fourth-order valence-electron chi connectivity index (χ4n) is 2.60. The molecule has 2 aromatic rings. The molecule has 2 aromatic heterocycles. The van der Waals surface area contributed by atoms with Crippen molar-refractivity contribution in [3.05, 3.63) is 29.6 Å². The Morgan fingerprint density at radius 3 is 2.67 bits per heavy atom. The third kappa shape index (κ3) is 3.69. The van der Waals surface area contributed by atoms with Crippen molar-refractivity contribution in [2.24, 2.45) is 7.05 Å². The summed E-state index contributed by atoms with van der Waals surface area (Å²) < 4.78 is 3.87. The summed E-state index contributed by atoms with van der Waals surface area (Å²) in [6, 6.07) is 0.546. The van der Waals surface area contributed by atoms with Crippen LogP contribution in [0.25, 0.3) is 0 Å². The monoisotopic (exact) mass is 290 g/mol. The molecule has 0 aliphatic carbocycles. The van der Waals surface area contributed by atoms with Crippen LogP contribution in [0, 0.1) is 6.92 Å². The number of hydrogen-bond donors (Lipinski definition) is 1. The van der Waals surface area contributed by atoms with Gasteiger partial charge >= 0.3 is 0 Å². The zero-order valence-corrected chi connectivity index (χ0v) is 13.7. The fourth-order valence-corrected chi connectivity index (χ4v) is 2.60. The highest BCUT2D eigenvalue weighted by Crippen LogP contribution is 2.21. The first kappa shape index (κ1) is 15.7. The number of aryl methyl sites for hydroxylation is 2. The minimum Gasteiger partial charge on any atom is -0.309 e. The van der Waals surface area contributed by atoms with Crippen molar-refractivity contribution in [3.63, 3.8) is 0 Å². The first-order valence-electron chi connectivity index (χ1n) is 7.64. The third-order valence-corrected chi connectivity index (χ3v) is 3.59. The second kappa shape index (κ2) is 6.85. The van der Waals surface area contributed by atoms with Crippen molar-refractivity contribution in [1.29, 1.82) is 0 Å². The van der Waals surface area contributed by atoms with Crippen LogP contribution in [0.2, 0.25) is 0 Å². The molecule has 21 heavy (non-hydrogen) atoms. The minimum absolute atomic E-state index is 0.223. The minimum atomic E-state index is 0.223. The van der Waals surface area contributed by atoms with Crippen molar-refractivity contribution in [2.75, 3.05) is 6.54 Å². The van der Waals surface area contributed by atoms with E-state index in [2.05, 4.69) is 54.4 Å². The highest BCUT2D eigenvalue weighted by molar-refractivity contribution is 5.21. The predicted octanol–water partition coefficient (Wildman–Crippen LogP) is 2.18. The summed E-state index contributed by atoms with van der Waals surface area (Å²) in [6.45, 7) is 9.47. The molecule has 0 saturated carbocycles. The zero-order valence-electron chi connectivity index (χ0n) is 13.7. The standard InChI is InChI=1S/C15H26N6/c1-6-7-16-14(13-9-20(5)19-12(13)4)8-15-17-10-18-21(15)11(2)3/h9-11,14,16H,6-8H2,1-5H3. The Labute approximate surface area is 126 Å². The van der Waals surface area contributed by atoms with Gasteiger partial charge in [0.1, 0.15) is 12.2 Å². The maximum Gasteiger partial charge on any atom is 0.138 e. The van der Waals surface area contributed by atoms with Crippen molar-refractivity contribution < 1.29 is 0 Å². The quantitative estimate of drug-likeness (QED) is 0.849. The molecule has 0 amide bonds. The second-order valence-corrected chi connectivity index (χ2v) is 5.77. The Balaban J connectivity index is 2.24. The lowest BCUT2D eigenvalue weighted by Crippen LogP contribution is -2.26. The van der Waals surface area contributed by atoms with Gasteiger partial charge in [0.2, 0.25) is 0 Å². The van der Waals surface area contributed by atoms with Crippen LogP contribution in [-0.2, 0) is 13.5 Å². The van der Waals surface area contributed by atoms with Crippen LogP contribution in [-0.4, -0.2) is 31.1 Å². The number of aromatic nitrogens is 5. The van der Waals surface area contributed by atoms with Gasteiger partial charge in [-0.15, -0.1) is 0 Å². The molecule has 6 heteroatoms. The summed E-state index contributed by atoms with van der Waals surface area (Å²) in [4.78, 5) is 4.43. The first-order valence-corrected chi connectivity index (χ1v) is 7.64. The molecule has 0 radical (unpaired) electrons. The van der Waals surface area contributed by atoms with E-state index in [9.17, 15) is 0 Å². The molecule has 1 unspecified atom stereocenters. The highest BCUT2D eigenvalue weighted by Gasteiger charge is 2.20. The maximum absolute atomic E-state index is 4.46. The van der Waals surface area contributed by atoms with Gasteiger partial charge in [0.05, 0.1) is 5.69 Å². The van der Waals surface area contributed by atoms with E-state index >= 15 is 0 Å². The predicted molar refractivity (Wildman–Crippen MR) is 83.1 cm³/mol. The van der Waals surface area contributed by atoms with E-state index in [0.29, 0.717) is 6.04 Å². The van der Waals surface area contributed by atoms with Gasteiger partial charge in [-0.3, -0.25) is 4.68 Å². The molecular formula is C15H26N6. The van der Waals surface area contributed by atoms with Gasteiger partial charge in [-0.05, 0) is 33.7 Å². The molecule has 6 nitrogen and oxygen atoms in total. The van der Waals surface area contributed by atoms with Crippen molar-refractivity contribution in [3.8, 4) is 0 Å². The largest absolute Gasteiger partial charge is 0.309 e. The lowest BCUT2D eigenvalue weighted by atomic mass is 10.0. The van der Waals surface area contributed by atoms with Gasteiger partial charge in [-0.1, -0.05) is 6.92 Å². The highest BCUT2D eigenvalue weighted by atomic mass is 15.3. The topological polar surface area (TPSA) is 60.6 Å². The second-order valence-electron chi connectivity index (χ2n) is 5.77. The lowest BCUT2D eigenvalue weighted by molar-refractivity contribution is 0.462. The summed E-state index contributed by atoms with van der Waals surface area (Å²) in [6.07, 6.45) is 5.67. The SMILES string of the molecule is CCCNC(Cc1ncnn1C(C)C)c1cn(C)nc1C. The van der Waals surface area contributed by atoms with E-state index in [1.165, 1.54) is 5.56 Å². The average molecular weight is 290 g/mol. The summed E-state index contributed by atoms with van der Waals surface area (Å²) in [5.41, 5.74) is 2.31. The van der Waals surface area contributed by atoms with Crippen LogP contribution in [0.5, 0.6) is 0 Å². The molecule has 1 atom stereocenters. The van der Waals surface area contributed by atoms with Gasteiger partial charge < -0.3 is 5.32 Å². The normalized spacial score (nSPS) is 13.0. The molecule has 1 N–H and O–H groups in total. The van der Waals surface area contributed by atoms with Gasteiger partial charge in [0.15, 0.2) is 0 Å². The molecule has 0 saturated heterocycles. The molecule has 0 spiro atoms. The zero-order chi connectivity index (χ0) is 15.4. The molecule has 116 valence electrons. The van der Waals surface area contributed by atoms with Gasteiger partial charge in [-0.2, -0.15) is 10.2 Å². The summed E-state index contributed by atoms with van der Waals surface area (Å²) >= 11 is 0. The van der Waals surface area contributed by atoms with E-state index in [4.69, 9.17) is 0 Å². The number of nitrogens with zero attached hydrogens (tertiary/aromatic N) is 5. The van der Waals surface area contributed by atoms with E-state index in [1.54, 1.807) is 6.33 Å². The van der Waals surface area contributed by atoms with Crippen LogP contribution in [0.4, 0.5) is 0 Å². The van der Waals surface area contributed by atoms with E-state index in [-0.39, 0.29) is 6.04 Å². The number of rotatable bonds is 7. The Morgan fingerprint density at radius 2 is 2.10 bits per heavy atom. The van der Waals surface area contributed by atoms with Crippen LogP contribution < -0.4 is 5.32 Å². The molecule has 0 aromatic carbocycles. The Kier molecular flexibility index (Phi) is 5.12. The van der Waals surface area contributed by atoms with Crippen LogP contribution in [0.15, 0.2) is 12.5 Å². The molecule has 0 fully saturated rings. The molecule has 0 aliphatic rings. The van der Waals surface area contributed by atoms with Crippen LogP contribution in [0.1, 0.15) is 56.4 Å². The van der Waals surface area contributed by atoms with E-state index in [0.717, 1.165) is 30.9 Å². The maximum atomic E-state index is 4.46. The first-order chi connectivity index (χ1) is 10.0. The Hall–Kier alpha value is -1.69. The number of nitrogens with one attached hydrogen (secondary N) is 1. The molecule has 0 bridgehead atoms. The molecule has 2 rings (SSSR count). The fraction of sp³-hybridized carbons (Fsp3) is 0.667. The molecule has 2 heterocycles. The molecular weight excluding hydrogens is 264 g/mol. The van der Waals surface area contributed by atoms with Gasteiger partial charge in [0, 0.05) is 37.3 Å². The summed E-state index contributed by atoms with van der Waals surface area (Å²) in [7, 11) is 1.96. The Bertz CT molecular complexity index is 568. The third-order valence-electron chi connectivity index (χ3n) is 3.59. The smallest absolute Gasteiger partial charge is 0.138 e. The summed E-state index contributed by atoms with van der Waals surface area (Å²) in [5, 5.41) is 12.4.